The van der Waals surface area contributed by atoms with Crippen molar-refractivity contribution in [2.45, 2.75) is 115 Å². The van der Waals surface area contributed by atoms with E-state index >= 15 is 0 Å². The number of aromatic nitrogens is 8. The maximum Gasteiger partial charge on any atom is 0.481 e. The Kier molecular flexibility index (Phi) is 34.3. The van der Waals surface area contributed by atoms with Crippen LogP contribution in [0, 0.1) is 10.8 Å². The zero-order valence-corrected chi connectivity index (χ0v) is 67.3. The van der Waals surface area contributed by atoms with Crippen molar-refractivity contribution in [2.24, 2.45) is 10.8 Å². The average molecular weight is 1770 g/mol. The number of aliphatic hydroxyl groups excluding tert-OH is 4. The van der Waals surface area contributed by atoms with Crippen LogP contribution in [0.15, 0.2) is 86.0 Å². The van der Waals surface area contributed by atoms with Gasteiger partial charge in [0.15, 0.2) is 45.6 Å². The van der Waals surface area contributed by atoms with Crippen LogP contribution in [-0.4, -0.2) is 245 Å². The van der Waals surface area contributed by atoms with Gasteiger partial charge in [-0.3, -0.25) is 65.0 Å². The normalized spacial score (nSPS) is 21.4. The third kappa shape index (κ3) is 29.6. The van der Waals surface area contributed by atoms with Crippen molar-refractivity contribution in [1.29, 1.82) is 0 Å². The van der Waals surface area contributed by atoms with Crippen LogP contribution < -0.4 is 32.7 Å². The summed E-state index contributed by atoms with van der Waals surface area (Å²) in [7, 11) is -32.8. The van der Waals surface area contributed by atoms with E-state index in [2.05, 4.69) is 68.8 Å². The van der Waals surface area contributed by atoms with Gasteiger partial charge in [0, 0.05) is 74.2 Å². The van der Waals surface area contributed by atoms with Gasteiger partial charge in [0.05, 0.1) is 39.1 Å². The molecule has 0 aliphatic carbocycles. The lowest BCUT2D eigenvalue weighted by atomic mass is 9.87. The van der Waals surface area contributed by atoms with Crippen molar-refractivity contribution in [3.8, 4) is 0 Å². The van der Waals surface area contributed by atoms with Crippen LogP contribution in [0.25, 0.3) is 22.3 Å². The van der Waals surface area contributed by atoms with Gasteiger partial charge in [0.1, 0.15) is 72.5 Å². The number of phosphoric ester groups is 6. The second kappa shape index (κ2) is 41.3. The van der Waals surface area contributed by atoms with Gasteiger partial charge in [-0.05, 0) is 11.1 Å². The minimum atomic E-state index is -5.57. The molecule has 4 amide bonds. The molecule has 8 rings (SSSR count). The Hall–Kier alpha value is -6.44. The molecule has 0 saturated carbocycles. The zero-order valence-electron chi connectivity index (χ0n) is 60.3. The van der Waals surface area contributed by atoms with Gasteiger partial charge in [0.2, 0.25) is 23.6 Å². The number of aliphatic hydroxyl groups is 4. The SMILES string of the molecule is CC(C)(COP(=O)(O)OP(=O)(O)OC[C@H]1O[C@@H](n2cnc3c(N)ncnc32)[C@H](O)[C@@H]1OP(=O)(O)O)[C@@H](O)C(=O)NCCC(=O)NCCSC(=O)Cc1ccccc1.CC(C)(COP(=O)(O)OP(=O)(O)OC[C@H]1O[C@@H](n2cnc3c(N)ncnc32)[C@H](O)[C@@H]1OP(=O)(O)O)[C@@H](O)C(=O)NCCC(=O)NCCSC(=O)Cc1ccccc1. The van der Waals surface area contributed by atoms with Gasteiger partial charge in [-0.1, -0.05) is 112 Å². The Balaban J connectivity index is 0.000000316. The zero-order chi connectivity index (χ0) is 84.4. The van der Waals surface area contributed by atoms with Crippen LogP contribution in [0.3, 0.4) is 0 Å². The minimum absolute atomic E-state index is 0.0296. The topological polar surface area (TPSA) is 727 Å². The average Bonchev–Trinajstić information content (AvgIpc) is 1.62. The van der Waals surface area contributed by atoms with Gasteiger partial charge >= 0.3 is 46.9 Å². The molecule has 6 aromatic rings. The number of anilines is 2. The molecule has 0 bridgehead atoms. The molecule has 2 aliphatic heterocycles. The van der Waals surface area contributed by atoms with E-state index in [0.717, 1.165) is 69.1 Å². The van der Waals surface area contributed by atoms with E-state index in [-0.39, 0.29) is 96.1 Å². The largest absolute Gasteiger partial charge is 0.481 e. The number of carbonyl (C=O) groups is 6. The lowest BCUT2D eigenvalue weighted by Gasteiger charge is -2.30. The number of ether oxygens (including phenoxy) is 2. The minimum Gasteiger partial charge on any atom is -0.386 e. The molecule has 20 N–H and O–H groups in total. The van der Waals surface area contributed by atoms with E-state index in [0.29, 0.717) is 11.5 Å². The van der Waals surface area contributed by atoms with Crippen LogP contribution in [0.2, 0.25) is 0 Å². The number of nitrogen functional groups attached to an aromatic ring is 2. The highest BCUT2D eigenvalue weighted by Crippen LogP contribution is 2.63. The number of thioether (sulfide) groups is 2. The molecule has 14 atom stereocenters. The highest BCUT2D eigenvalue weighted by Gasteiger charge is 2.53. The second-order valence-electron chi connectivity index (χ2n) is 25.9. The number of nitrogens with zero attached hydrogens (tertiary/aromatic N) is 8. The summed E-state index contributed by atoms with van der Waals surface area (Å²) in [5, 5.41) is 52.7. The van der Waals surface area contributed by atoms with E-state index in [1.807, 2.05) is 60.7 Å². The van der Waals surface area contributed by atoms with E-state index in [4.69, 9.17) is 39.0 Å². The number of benzene rings is 2. The maximum atomic E-state index is 12.7. The Morgan fingerprint density at radius 3 is 1.19 bits per heavy atom. The van der Waals surface area contributed by atoms with Crippen molar-refractivity contribution in [1.82, 2.24) is 60.3 Å². The first-order valence-corrected chi connectivity index (χ1v) is 44.3. The molecule has 2 aliphatic rings. The number of carbonyl (C=O) groups excluding carboxylic acids is 6. The van der Waals surface area contributed by atoms with E-state index in [1.165, 1.54) is 27.7 Å². The molecule has 2 fully saturated rings. The van der Waals surface area contributed by atoms with Crippen LogP contribution in [-0.2, 0) is 114 Å². The third-order valence-corrected chi connectivity index (χ3v) is 23.9. The van der Waals surface area contributed by atoms with Crippen LogP contribution >= 0.6 is 70.5 Å². The number of hydrogen-bond acceptors (Lipinski definition) is 36. The summed E-state index contributed by atoms with van der Waals surface area (Å²) in [5.74, 6) is -2.26. The number of nitrogens with two attached hydrogens (primary N) is 2. The van der Waals surface area contributed by atoms with Crippen LogP contribution in [0.4, 0.5) is 11.6 Å². The predicted molar refractivity (Wildman–Crippen MR) is 394 cm³/mol. The molecule has 48 nitrogen and oxygen atoms in total. The fourth-order valence-corrected chi connectivity index (χ4v) is 17.3. The lowest BCUT2D eigenvalue weighted by Crippen LogP contribution is -2.46. The van der Waals surface area contributed by atoms with E-state index in [9.17, 15) is 116 Å². The Bertz CT molecular complexity index is 4330. The molecule has 114 heavy (non-hydrogen) atoms. The van der Waals surface area contributed by atoms with Gasteiger partial charge in [-0.2, -0.15) is 8.62 Å². The first kappa shape index (κ1) is 94.7. The van der Waals surface area contributed by atoms with Crippen LogP contribution in [0.5, 0.6) is 0 Å². The Morgan fingerprint density at radius 1 is 0.509 bits per heavy atom. The fourth-order valence-electron chi connectivity index (χ4n) is 10.2. The number of imidazole rings is 2. The van der Waals surface area contributed by atoms with E-state index in [1.54, 1.807) is 0 Å². The fraction of sp³-hybridized carbons (Fsp3) is 0.517. The number of phosphoric acid groups is 6. The number of rotatable bonds is 42. The van der Waals surface area contributed by atoms with Crippen molar-refractivity contribution in [3.63, 3.8) is 0 Å². The van der Waals surface area contributed by atoms with Crippen LogP contribution in [0.1, 0.15) is 64.1 Å². The summed E-state index contributed by atoms with van der Waals surface area (Å²) >= 11 is 2.13. The van der Waals surface area contributed by atoms with Crippen molar-refractivity contribution >= 4 is 138 Å². The summed E-state index contributed by atoms with van der Waals surface area (Å²) in [6.07, 6.45) is -13.4. The van der Waals surface area contributed by atoms with Gasteiger partial charge in [-0.25, -0.2) is 57.3 Å². The number of nitrogens with one attached hydrogen (secondary N) is 4. The van der Waals surface area contributed by atoms with Gasteiger partial charge in [-0.15, -0.1) is 0 Å². The predicted octanol–water partition coefficient (Wildman–Crippen LogP) is -0.185. The molecule has 6 heterocycles. The molecule has 2 saturated heterocycles. The lowest BCUT2D eigenvalue weighted by molar-refractivity contribution is -0.137. The first-order valence-electron chi connectivity index (χ1n) is 33.3. The number of hydrogen-bond donors (Lipinski definition) is 18. The summed E-state index contributed by atoms with van der Waals surface area (Å²) in [4.78, 5) is 175. The molecule has 2 aromatic carbocycles. The quantitative estimate of drug-likeness (QED) is 0.0174. The molecule has 0 radical (unpaired) electrons. The standard InChI is InChI=1S/2C29H42N7O17P3S/c2*1-29(2,24(40)27(41)32-9-8-19(37)31-10-11-57-20(38)12-17-6-4-3-5-7-17)14-50-56(47,48)53-55(45,46)49-13-18-23(52-54(42,43)44)22(39)28(51-18)36-16-35-21-25(30)33-15-34-26(21)36/h2*3-7,15-16,18,22-24,28,39-40H,8-14H2,1-2H3,(H,31,37)(H,32,41)(H,45,46)(H,47,48)(H2,30,33,34)(H2,42,43,44)/t2*18-,22-,23-,24+,28-/m11/s1. The molecule has 632 valence electrons. The summed E-state index contributed by atoms with van der Waals surface area (Å²) in [5.41, 5.74) is 10.3. The molecule has 4 aromatic heterocycles. The molecular formula is C58H84N14O34P6S2. The Labute approximate surface area is 654 Å². The maximum absolute atomic E-state index is 12.7. The third-order valence-electron chi connectivity index (χ3n) is 15.9. The second-order valence-corrected chi connectivity index (χ2v) is 36.7. The summed E-state index contributed by atoms with van der Waals surface area (Å²) < 4.78 is 124. The summed E-state index contributed by atoms with van der Waals surface area (Å²) in [6, 6.07) is 18.3. The molecule has 4 unspecified atom stereocenters. The number of amides is 4. The van der Waals surface area contributed by atoms with Crippen molar-refractivity contribution in [2.75, 3.05) is 75.6 Å². The van der Waals surface area contributed by atoms with Crippen molar-refractivity contribution < 1.29 is 161 Å². The van der Waals surface area contributed by atoms with Gasteiger partial charge < -0.3 is 102 Å². The number of fused-ring (bicyclic) bond motifs is 2. The molecular weight excluding hydrogens is 1690 g/mol. The van der Waals surface area contributed by atoms with Gasteiger partial charge in [0.25, 0.3) is 0 Å². The monoisotopic (exact) mass is 1770 g/mol. The Morgan fingerprint density at radius 2 is 0.851 bits per heavy atom. The smallest absolute Gasteiger partial charge is 0.386 e. The molecule has 0 spiro atoms. The molecule has 56 heteroatoms. The first-order chi connectivity index (χ1) is 53.1. The summed E-state index contributed by atoms with van der Waals surface area (Å²) in [6.45, 7) is 0.949. The van der Waals surface area contributed by atoms with E-state index < -0.39 is 169 Å². The highest BCUT2D eigenvalue weighted by atomic mass is 32.2. The van der Waals surface area contributed by atoms with Crippen molar-refractivity contribution in [3.05, 3.63) is 97.1 Å². The highest BCUT2D eigenvalue weighted by molar-refractivity contribution is 8.13.